The third-order valence-electron chi connectivity index (χ3n) is 5.28. The number of nitrogens with one attached hydrogen (secondary N) is 2. The molecule has 1 aromatic carbocycles. The van der Waals surface area contributed by atoms with Gasteiger partial charge in [-0.25, -0.2) is 9.18 Å². The molecule has 2 amide bonds. The van der Waals surface area contributed by atoms with Gasteiger partial charge in [0, 0.05) is 30.1 Å². The normalized spacial score (nSPS) is 15.1. The van der Waals surface area contributed by atoms with Gasteiger partial charge >= 0.3 is 6.09 Å². The van der Waals surface area contributed by atoms with Crippen molar-refractivity contribution in [3.05, 3.63) is 47.9 Å². The lowest BCUT2D eigenvalue weighted by atomic mass is 10.0. The number of hydrogen-bond acceptors (Lipinski definition) is 5. The zero-order chi connectivity index (χ0) is 22.9. The number of fused-ring (bicyclic) bond motifs is 1. The molecule has 0 unspecified atom stereocenters. The molecule has 0 spiro atoms. The predicted molar refractivity (Wildman–Crippen MR) is 118 cm³/mol. The van der Waals surface area contributed by atoms with E-state index in [1.54, 1.807) is 29.2 Å². The molecule has 1 saturated heterocycles. The van der Waals surface area contributed by atoms with Gasteiger partial charge in [-0.1, -0.05) is 0 Å². The van der Waals surface area contributed by atoms with E-state index >= 15 is 0 Å². The number of pyridine rings is 1. The van der Waals surface area contributed by atoms with Gasteiger partial charge in [-0.2, -0.15) is 5.10 Å². The molecule has 0 bridgehead atoms. The minimum atomic E-state index is -0.532. The number of benzene rings is 1. The highest BCUT2D eigenvalue weighted by molar-refractivity contribution is 6.01. The maximum atomic E-state index is 13.2. The molecule has 0 atom stereocenters. The van der Waals surface area contributed by atoms with E-state index in [9.17, 15) is 14.0 Å². The summed E-state index contributed by atoms with van der Waals surface area (Å²) in [4.78, 5) is 30.8. The van der Waals surface area contributed by atoms with E-state index in [-0.39, 0.29) is 18.0 Å². The molecule has 1 aliphatic heterocycles. The van der Waals surface area contributed by atoms with Crippen LogP contribution in [-0.4, -0.2) is 56.8 Å². The molecule has 3 heterocycles. The SMILES string of the molecule is CC(C)(C)OC(=O)N1CCC(NC(=O)c2ccc3[nH]nc(-c4ccc(F)cn4)c3c2)CC1. The smallest absolute Gasteiger partial charge is 0.410 e. The second-order valence-corrected chi connectivity index (χ2v) is 8.91. The van der Waals surface area contributed by atoms with Gasteiger partial charge in [0.25, 0.3) is 5.91 Å². The summed E-state index contributed by atoms with van der Waals surface area (Å²) in [6, 6.07) is 8.12. The second-order valence-electron chi connectivity index (χ2n) is 8.91. The lowest BCUT2D eigenvalue weighted by molar-refractivity contribution is 0.0199. The molecule has 8 nitrogen and oxygen atoms in total. The van der Waals surface area contributed by atoms with Crippen molar-refractivity contribution in [2.75, 3.05) is 13.1 Å². The van der Waals surface area contributed by atoms with Crippen molar-refractivity contribution in [2.45, 2.75) is 45.3 Å². The maximum Gasteiger partial charge on any atom is 0.410 e. The number of halogens is 1. The molecule has 1 aliphatic rings. The first-order chi connectivity index (χ1) is 15.2. The number of hydrogen-bond donors (Lipinski definition) is 2. The number of carbonyl (C=O) groups excluding carboxylic acids is 2. The number of nitrogens with zero attached hydrogens (tertiary/aromatic N) is 3. The van der Waals surface area contributed by atoms with E-state index in [2.05, 4.69) is 20.5 Å². The number of carbonyl (C=O) groups is 2. The standard InChI is InChI=1S/C23H26FN5O3/c1-23(2,3)32-22(31)29-10-8-16(9-11-29)26-21(30)14-4-6-18-17(12-14)20(28-27-18)19-7-5-15(24)13-25-19/h4-7,12-13,16H,8-11H2,1-3H3,(H,26,30)(H,27,28). The van der Waals surface area contributed by atoms with Crippen LogP contribution in [0.15, 0.2) is 36.5 Å². The van der Waals surface area contributed by atoms with E-state index < -0.39 is 11.4 Å². The van der Waals surface area contributed by atoms with Crippen LogP contribution in [0.5, 0.6) is 0 Å². The average molecular weight is 439 g/mol. The lowest BCUT2D eigenvalue weighted by Crippen LogP contribution is -2.47. The Morgan fingerprint density at radius 2 is 1.94 bits per heavy atom. The Bertz CT molecular complexity index is 1130. The molecule has 0 aliphatic carbocycles. The fourth-order valence-corrected chi connectivity index (χ4v) is 3.67. The number of H-pyrrole nitrogens is 1. The van der Waals surface area contributed by atoms with Crippen molar-refractivity contribution in [3.63, 3.8) is 0 Å². The van der Waals surface area contributed by atoms with Gasteiger partial charge in [0.15, 0.2) is 0 Å². The molecule has 2 N–H and O–H groups in total. The zero-order valence-electron chi connectivity index (χ0n) is 18.3. The Morgan fingerprint density at radius 1 is 1.19 bits per heavy atom. The molecule has 4 rings (SSSR count). The van der Waals surface area contributed by atoms with Crippen molar-refractivity contribution in [1.29, 1.82) is 0 Å². The third-order valence-corrected chi connectivity index (χ3v) is 5.28. The van der Waals surface area contributed by atoms with Gasteiger partial charge in [0.1, 0.15) is 17.1 Å². The topological polar surface area (TPSA) is 100 Å². The summed E-state index contributed by atoms with van der Waals surface area (Å²) in [6.45, 7) is 6.58. The molecule has 0 saturated carbocycles. The monoisotopic (exact) mass is 439 g/mol. The maximum absolute atomic E-state index is 13.2. The van der Waals surface area contributed by atoms with Crippen LogP contribution in [-0.2, 0) is 4.74 Å². The third kappa shape index (κ3) is 4.87. The van der Waals surface area contributed by atoms with E-state index in [0.29, 0.717) is 42.9 Å². The fourth-order valence-electron chi connectivity index (χ4n) is 3.67. The average Bonchev–Trinajstić information content (AvgIpc) is 3.17. The fraction of sp³-hybridized carbons (Fsp3) is 0.391. The Kier molecular flexibility index (Phi) is 5.82. The molecular weight excluding hydrogens is 413 g/mol. The molecule has 0 radical (unpaired) electrons. The summed E-state index contributed by atoms with van der Waals surface area (Å²) in [5, 5.41) is 11.0. The largest absolute Gasteiger partial charge is 0.444 e. The molecule has 32 heavy (non-hydrogen) atoms. The van der Waals surface area contributed by atoms with Gasteiger partial charge in [-0.15, -0.1) is 0 Å². The number of piperidine rings is 1. The highest BCUT2D eigenvalue weighted by atomic mass is 19.1. The molecule has 9 heteroatoms. The summed E-state index contributed by atoms with van der Waals surface area (Å²) in [5.41, 5.74) is 1.80. The number of ether oxygens (including phenoxy) is 1. The first kappa shape index (κ1) is 21.7. The molecule has 2 aromatic heterocycles. The summed E-state index contributed by atoms with van der Waals surface area (Å²) >= 11 is 0. The van der Waals surface area contributed by atoms with Crippen LogP contribution >= 0.6 is 0 Å². The van der Waals surface area contributed by atoms with Crippen LogP contribution in [0.2, 0.25) is 0 Å². The number of likely N-dealkylation sites (tertiary alicyclic amines) is 1. The van der Waals surface area contributed by atoms with Crippen LogP contribution in [0, 0.1) is 5.82 Å². The van der Waals surface area contributed by atoms with Gasteiger partial charge in [-0.05, 0) is 63.9 Å². The summed E-state index contributed by atoms with van der Waals surface area (Å²) in [7, 11) is 0. The van der Waals surface area contributed by atoms with Crippen molar-refractivity contribution in [1.82, 2.24) is 25.4 Å². The summed E-state index contributed by atoms with van der Waals surface area (Å²) in [5.74, 6) is -0.617. The zero-order valence-corrected chi connectivity index (χ0v) is 18.3. The van der Waals surface area contributed by atoms with Gasteiger partial charge in [0.2, 0.25) is 0 Å². The minimum absolute atomic E-state index is 0.0283. The summed E-state index contributed by atoms with van der Waals surface area (Å²) < 4.78 is 18.6. The van der Waals surface area contributed by atoms with E-state index in [0.717, 1.165) is 17.1 Å². The Morgan fingerprint density at radius 3 is 2.59 bits per heavy atom. The Labute approximate surface area is 185 Å². The van der Waals surface area contributed by atoms with Gasteiger partial charge in [-0.3, -0.25) is 14.9 Å². The van der Waals surface area contributed by atoms with Crippen molar-refractivity contribution in [2.24, 2.45) is 0 Å². The van der Waals surface area contributed by atoms with Crippen molar-refractivity contribution < 1.29 is 18.7 Å². The Hall–Kier alpha value is -3.49. The Balaban J connectivity index is 1.42. The van der Waals surface area contributed by atoms with Gasteiger partial charge in [0.05, 0.1) is 17.4 Å². The van der Waals surface area contributed by atoms with E-state index in [1.807, 2.05) is 20.8 Å². The number of amides is 2. The number of aromatic amines is 1. The van der Waals surface area contributed by atoms with Gasteiger partial charge < -0.3 is 15.0 Å². The molecule has 3 aromatic rings. The summed E-state index contributed by atoms with van der Waals surface area (Å²) in [6.07, 6.45) is 2.12. The predicted octanol–water partition coefficient (Wildman–Crippen LogP) is 3.89. The van der Waals surface area contributed by atoms with Crippen LogP contribution in [0.25, 0.3) is 22.3 Å². The number of rotatable bonds is 3. The van der Waals surface area contributed by atoms with Crippen LogP contribution in [0.3, 0.4) is 0 Å². The quantitative estimate of drug-likeness (QED) is 0.645. The first-order valence-electron chi connectivity index (χ1n) is 10.6. The molecular formula is C23H26FN5O3. The van der Waals surface area contributed by atoms with E-state index in [4.69, 9.17) is 4.74 Å². The van der Waals surface area contributed by atoms with E-state index in [1.165, 1.54) is 6.07 Å². The van der Waals surface area contributed by atoms with Crippen LogP contribution in [0.4, 0.5) is 9.18 Å². The van der Waals surface area contributed by atoms with Crippen LogP contribution < -0.4 is 5.32 Å². The highest BCUT2D eigenvalue weighted by Crippen LogP contribution is 2.26. The first-order valence-corrected chi connectivity index (χ1v) is 10.6. The molecule has 168 valence electrons. The minimum Gasteiger partial charge on any atom is -0.444 e. The highest BCUT2D eigenvalue weighted by Gasteiger charge is 2.27. The molecule has 1 fully saturated rings. The van der Waals surface area contributed by atoms with Crippen molar-refractivity contribution in [3.8, 4) is 11.4 Å². The van der Waals surface area contributed by atoms with Crippen LogP contribution in [0.1, 0.15) is 44.0 Å². The second kappa shape index (κ2) is 8.57. The lowest BCUT2D eigenvalue weighted by Gasteiger charge is -2.33. The number of aromatic nitrogens is 3. The van der Waals surface area contributed by atoms with Crippen molar-refractivity contribution >= 4 is 22.9 Å².